The maximum atomic E-state index is 11.3. The number of rotatable bonds is 3. The van der Waals surface area contributed by atoms with Gasteiger partial charge in [0, 0.05) is 5.69 Å². The number of primary amides is 1. The molecule has 1 unspecified atom stereocenters. The molecule has 0 heterocycles. The maximum absolute atomic E-state index is 11.3. The number of hydrogen-bond donors (Lipinski definition) is 3. The molecule has 6 heteroatoms. The first-order valence-corrected chi connectivity index (χ1v) is 4.95. The summed E-state index contributed by atoms with van der Waals surface area (Å²) in [6.07, 6.45) is 0. The van der Waals surface area contributed by atoms with Crippen LogP contribution in [0.3, 0.4) is 0 Å². The van der Waals surface area contributed by atoms with Crippen LogP contribution in [-0.4, -0.2) is 17.9 Å². The smallest absolute Gasteiger partial charge is 0.250 e. The lowest BCUT2D eigenvalue weighted by atomic mass is 10.2. The normalized spacial score (nSPS) is 11.9. The first-order chi connectivity index (χ1) is 7.41. The third-order valence-electron chi connectivity index (χ3n) is 1.91. The SMILES string of the molecule is CC(N)C(=O)Nc1ccc(Cl)c(C(N)=O)c1. The van der Waals surface area contributed by atoms with Crippen molar-refractivity contribution in [3.05, 3.63) is 28.8 Å². The van der Waals surface area contributed by atoms with Crippen molar-refractivity contribution in [1.29, 1.82) is 0 Å². The molecule has 0 saturated carbocycles. The number of amides is 2. The Morgan fingerprint density at radius 1 is 1.44 bits per heavy atom. The summed E-state index contributed by atoms with van der Waals surface area (Å²) < 4.78 is 0. The lowest BCUT2D eigenvalue weighted by molar-refractivity contribution is -0.117. The van der Waals surface area contributed by atoms with Gasteiger partial charge in [-0.25, -0.2) is 0 Å². The van der Waals surface area contributed by atoms with Gasteiger partial charge in [-0.3, -0.25) is 9.59 Å². The summed E-state index contributed by atoms with van der Waals surface area (Å²) in [7, 11) is 0. The number of carbonyl (C=O) groups excluding carboxylic acids is 2. The average Bonchev–Trinajstić information content (AvgIpc) is 2.20. The van der Waals surface area contributed by atoms with Crippen LogP contribution in [-0.2, 0) is 4.79 Å². The molecule has 0 bridgehead atoms. The van der Waals surface area contributed by atoms with Crippen LogP contribution in [0.4, 0.5) is 5.69 Å². The Balaban J connectivity index is 2.95. The molecule has 5 N–H and O–H groups in total. The van der Waals surface area contributed by atoms with E-state index in [-0.39, 0.29) is 16.5 Å². The highest BCUT2D eigenvalue weighted by atomic mass is 35.5. The van der Waals surface area contributed by atoms with Crippen LogP contribution in [0.2, 0.25) is 5.02 Å². The van der Waals surface area contributed by atoms with E-state index >= 15 is 0 Å². The van der Waals surface area contributed by atoms with Gasteiger partial charge in [-0.05, 0) is 25.1 Å². The second-order valence-corrected chi connectivity index (χ2v) is 3.74. The molecule has 2 amide bonds. The van der Waals surface area contributed by atoms with E-state index in [1.807, 2.05) is 0 Å². The zero-order valence-electron chi connectivity index (χ0n) is 8.66. The fraction of sp³-hybridized carbons (Fsp3) is 0.200. The molecule has 1 aromatic carbocycles. The molecule has 0 aliphatic heterocycles. The van der Waals surface area contributed by atoms with Gasteiger partial charge in [-0.15, -0.1) is 0 Å². The van der Waals surface area contributed by atoms with E-state index in [4.69, 9.17) is 23.1 Å². The van der Waals surface area contributed by atoms with E-state index in [1.54, 1.807) is 13.0 Å². The number of nitrogens with one attached hydrogen (secondary N) is 1. The lowest BCUT2D eigenvalue weighted by Gasteiger charge is -2.09. The predicted molar refractivity (Wildman–Crippen MR) is 62.2 cm³/mol. The van der Waals surface area contributed by atoms with Gasteiger partial charge in [0.05, 0.1) is 16.6 Å². The summed E-state index contributed by atoms with van der Waals surface area (Å²) in [5.74, 6) is -1.00. The van der Waals surface area contributed by atoms with Crippen LogP contribution in [0.1, 0.15) is 17.3 Å². The average molecular weight is 242 g/mol. The lowest BCUT2D eigenvalue weighted by Crippen LogP contribution is -2.32. The monoisotopic (exact) mass is 241 g/mol. The fourth-order valence-electron chi connectivity index (χ4n) is 1.05. The first-order valence-electron chi connectivity index (χ1n) is 4.57. The molecule has 0 aromatic heterocycles. The molecule has 0 radical (unpaired) electrons. The summed E-state index contributed by atoms with van der Waals surface area (Å²) in [5.41, 5.74) is 11.1. The largest absolute Gasteiger partial charge is 0.366 e. The van der Waals surface area contributed by atoms with Crippen molar-refractivity contribution in [3.63, 3.8) is 0 Å². The zero-order valence-corrected chi connectivity index (χ0v) is 9.41. The van der Waals surface area contributed by atoms with Gasteiger partial charge in [0.15, 0.2) is 0 Å². The van der Waals surface area contributed by atoms with Crippen LogP contribution in [0, 0.1) is 0 Å². The molecule has 0 fully saturated rings. The van der Waals surface area contributed by atoms with Gasteiger partial charge in [0.1, 0.15) is 0 Å². The van der Waals surface area contributed by atoms with E-state index in [0.29, 0.717) is 5.69 Å². The van der Waals surface area contributed by atoms with Crippen molar-refractivity contribution in [3.8, 4) is 0 Å². The van der Waals surface area contributed by atoms with Gasteiger partial charge in [-0.1, -0.05) is 11.6 Å². The zero-order chi connectivity index (χ0) is 12.3. The predicted octanol–water partition coefficient (Wildman–Crippen LogP) is 0.725. The standard InChI is InChI=1S/C10H12ClN3O2/c1-5(12)10(16)14-6-2-3-8(11)7(4-6)9(13)15/h2-5H,12H2,1H3,(H2,13,15)(H,14,16). The van der Waals surface area contributed by atoms with Crippen molar-refractivity contribution >= 4 is 29.1 Å². The second kappa shape index (κ2) is 4.96. The van der Waals surface area contributed by atoms with Crippen molar-refractivity contribution < 1.29 is 9.59 Å². The molecule has 0 saturated heterocycles. The molecular weight excluding hydrogens is 230 g/mol. The molecular formula is C10H12ClN3O2. The Bertz CT molecular complexity index is 432. The van der Waals surface area contributed by atoms with Crippen molar-refractivity contribution in [2.24, 2.45) is 11.5 Å². The van der Waals surface area contributed by atoms with Gasteiger partial charge in [0.2, 0.25) is 11.8 Å². The Morgan fingerprint density at radius 2 is 2.06 bits per heavy atom. The Morgan fingerprint density at radius 3 is 2.56 bits per heavy atom. The molecule has 0 aliphatic rings. The summed E-state index contributed by atoms with van der Waals surface area (Å²) >= 11 is 5.75. The molecule has 16 heavy (non-hydrogen) atoms. The third kappa shape index (κ3) is 2.95. The van der Waals surface area contributed by atoms with Crippen LogP contribution in [0.15, 0.2) is 18.2 Å². The van der Waals surface area contributed by atoms with Gasteiger partial charge in [-0.2, -0.15) is 0 Å². The first kappa shape index (κ1) is 12.5. The van der Waals surface area contributed by atoms with E-state index in [2.05, 4.69) is 5.32 Å². The number of hydrogen-bond acceptors (Lipinski definition) is 3. The van der Waals surface area contributed by atoms with Crippen molar-refractivity contribution in [2.75, 3.05) is 5.32 Å². The summed E-state index contributed by atoms with van der Waals surface area (Å²) in [5, 5.41) is 2.78. The molecule has 0 aliphatic carbocycles. The summed E-state index contributed by atoms with van der Waals surface area (Å²) in [6.45, 7) is 1.56. The quantitative estimate of drug-likeness (QED) is 0.727. The maximum Gasteiger partial charge on any atom is 0.250 e. The van der Waals surface area contributed by atoms with Crippen molar-refractivity contribution in [2.45, 2.75) is 13.0 Å². The van der Waals surface area contributed by atoms with Gasteiger partial charge in [0.25, 0.3) is 0 Å². The third-order valence-corrected chi connectivity index (χ3v) is 2.24. The van der Waals surface area contributed by atoms with Gasteiger partial charge >= 0.3 is 0 Å². The topological polar surface area (TPSA) is 98.2 Å². The second-order valence-electron chi connectivity index (χ2n) is 3.34. The highest BCUT2D eigenvalue weighted by Gasteiger charge is 2.11. The number of anilines is 1. The highest BCUT2D eigenvalue weighted by Crippen LogP contribution is 2.20. The minimum absolute atomic E-state index is 0.157. The molecule has 1 atom stereocenters. The van der Waals surface area contributed by atoms with Crippen LogP contribution < -0.4 is 16.8 Å². The fourth-order valence-corrected chi connectivity index (χ4v) is 1.26. The summed E-state index contributed by atoms with van der Waals surface area (Å²) in [6, 6.07) is 3.83. The highest BCUT2D eigenvalue weighted by molar-refractivity contribution is 6.34. The Labute approximate surface area is 97.7 Å². The van der Waals surface area contributed by atoms with Crippen LogP contribution in [0.5, 0.6) is 0 Å². The van der Waals surface area contributed by atoms with Crippen LogP contribution in [0.25, 0.3) is 0 Å². The van der Waals surface area contributed by atoms with E-state index in [9.17, 15) is 9.59 Å². The minimum Gasteiger partial charge on any atom is -0.366 e. The minimum atomic E-state index is -0.651. The number of nitrogens with two attached hydrogens (primary N) is 2. The number of benzene rings is 1. The number of carbonyl (C=O) groups is 2. The van der Waals surface area contributed by atoms with Gasteiger partial charge < -0.3 is 16.8 Å². The summed E-state index contributed by atoms with van der Waals surface area (Å²) in [4.78, 5) is 22.3. The molecule has 1 rings (SSSR count). The molecule has 5 nitrogen and oxygen atoms in total. The van der Waals surface area contributed by atoms with E-state index in [1.165, 1.54) is 12.1 Å². The molecule has 86 valence electrons. The number of halogens is 1. The van der Waals surface area contributed by atoms with E-state index in [0.717, 1.165) is 0 Å². The Kier molecular flexibility index (Phi) is 3.87. The van der Waals surface area contributed by atoms with Crippen molar-refractivity contribution in [1.82, 2.24) is 0 Å². The molecule has 1 aromatic rings. The Hall–Kier alpha value is -1.59. The molecule has 0 spiro atoms. The van der Waals surface area contributed by atoms with E-state index < -0.39 is 11.9 Å². The van der Waals surface area contributed by atoms with Crippen LogP contribution >= 0.6 is 11.6 Å².